The van der Waals surface area contributed by atoms with Gasteiger partial charge < -0.3 is 29.0 Å². The van der Waals surface area contributed by atoms with Gasteiger partial charge in [0, 0.05) is 12.1 Å². The lowest BCUT2D eigenvalue weighted by atomic mass is 10.1. The molecule has 1 amide bonds. The summed E-state index contributed by atoms with van der Waals surface area (Å²) < 4.78 is 26.0. The molecule has 0 aliphatic heterocycles. The van der Waals surface area contributed by atoms with Gasteiger partial charge in [-0.1, -0.05) is 18.2 Å². The van der Waals surface area contributed by atoms with Crippen LogP contribution in [0, 0.1) is 0 Å². The molecule has 0 heterocycles. The number of methoxy groups -OCH3 is 3. The Hall–Kier alpha value is -3.42. The highest BCUT2D eigenvalue weighted by atomic mass is 16.5. The fraction of sp³-hybridized carbons (Fsp3) is 0.300. The van der Waals surface area contributed by atoms with Crippen LogP contribution in [-0.4, -0.2) is 53.0 Å². The lowest BCUT2D eigenvalue weighted by molar-refractivity contribution is -0.124. The number of benzene rings is 2. The Morgan fingerprint density at radius 3 is 2.18 bits per heavy atom. The van der Waals surface area contributed by atoms with Crippen molar-refractivity contribution in [1.82, 2.24) is 5.32 Å². The molecule has 0 saturated heterocycles. The van der Waals surface area contributed by atoms with Gasteiger partial charge in [-0.2, -0.15) is 0 Å². The number of amides is 1. The van der Waals surface area contributed by atoms with Crippen LogP contribution in [0.2, 0.25) is 0 Å². The second-order valence-corrected chi connectivity index (χ2v) is 5.50. The Kier molecular flexibility index (Phi) is 7.95. The first-order chi connectivity index (χ1) is 13.6. The number of hydrogen-bond acceptors (Lipinski definition) is 7. The number of carbonyl (C=O) groups excluding carboxylic acids is 2. The Morgan fingerprint density at radius 2 is 1.54 bits per heavy atom. The minimum Gasteiger partial charge on any atom is -0.496 e. The van der Waals surface area contributed by atoms with Crippen LogP contribution in [-0.2, 0) is 9.53 Å². The predicted octanol–water partition coefficient (Wildman–Crippen LogP) is 2.06. The fourth-order valence-corrected chi connectivity index (χ4v) is 2.32. The number of hydrogen-bond donors (Lipinski definition) is 1. The maximum atomic E-state index is 12.3. The van der Waals surface area contributed by atoms with Crippen LogP contribution in [0.15, 0.2) is 42.5 Å². The minimum atomic E-state index is -0.714. The van der Waals surface area contributed by atoms with E-state index in [1.54, 1.807) is 0 Å². The van der Waals surface area contributed by atoms with E-state index in [1.165, 1.54) is 33.5 Å². The summed E-state index contributed by atoms with van der Waals surface area (Å²) in [5.41, 5.74) is 0.125. The Bertz CT molecular complexity index is 793. The molecule has 0 atom stereocenters. The summed E-state index contributed by atoms with van der Waals surface area (Å²) in [6.07, 6.45) is 0. The Balaban J connectivity index is 1.83. The van der Waals surface area contributed by atoms with Gasteiger partial charge in [0.05, 0.1) is 27.9 Å². The second kappa shape index (κ2) is 10.7. The van der Waals surface area contributed by atoms with E-state index in [0.717, 1.165) is 0 Å². The van der Waals surface area contributed by atoms with Crippen LogP contribution < -0.4 is 24.3 Å². The number of nitrogens with one attached hydrogen (secondary N) is 1. The number of esters is 1. The van der Waals surface area contributed by atoms with Gasteiger partial charge in [-0.05, 0) is 12.1 Å². The van der Waals surface area contributed by atoms with Gasteiger partial charge >= 0.3 is 5.97 Å². The van der Waals surface area contributed by atoms with Crippen LogP contribution in [0.1, 0.15) is 10.4 Å². The van der Waals surface area contributed by atoms with Gasteiger partial charge in [-0.3, -0.25) is 4.79 Å². The molecule has 150 valence electrons. The van der Waals surface area contributed by atoms with Crippen molar-refractivity contribution in [2.24, 2.45) is 0 Å². The molecular weight excluding hydrogens is 366 g/mol. The fourth-order valence-electron chi connectivity index (χ4n) is 2.32. The van der Waals surface area contributed by atoms with E-state index in [0.29, 0.717) is 23.9 Å². The van der Waals surface area contributed by atoms with Gasteiger partial charge in [0.1, 0.15) is 23.7 Å². The SMILES string of the molecule is COc1cc(OC)c(C(=O)OCC(=O)NCCOc2ccccc2)cc1OC. The van der Waals surface area contributed by atoms with E-state index in [9.17, 15) is 9.59 Å². The van der Waals surface area contributed by atoms with Gasteiger partial charge in [-0.25, -0.2) is 4.79 Å². The van der Waals surface area contributed by atoms with Gasteiger partial charge in [0.25, 0.3) is 5.91 Å². The number of carbonyl (C=O) groups is 2. The van der Waals surface area contributed by atoms with E-state index in [4.69, 9.17) is 23.7 Å². The van der Waals surface area contributed by atoms with E-state index in [-0.39, 0.29) is 17.9 Å². The molecule has 0 aliphatic rings. The van der Waals surface area contributed by atoms with Gasteiger partial charge in [-0.15, -0.1) is 0 Å². The smallest absolute Gasteiger partial charge is 0.342 e. The molecule has 0 bridgehead atoms. The van der Waals surface area contributed by atoms with E-state index >= 15 is 0 Å². The molecule has 0 unspecified atom stereocenters. The molecule has 0 aliphatic carbocycles. The summed E-state index contributed by atoms with van der Waals surface area (Å²) in [6.45, 7) is 0.153. The number of ether oxygens (including phenoxy) is 5. The van der Waals surface area contributed by atoms with Crippen molar-refractivity contribution in [3.05, 3.63) is 48.0 Å². The highest BCUT2D eigenvalue weighted by Crippen LogP contribution is 2.34. The highest BCUT2D eigenvalue weighted by molar-refractivity contribution is 5.95. The first-order valence-corrected chi connectivity index (χ1v) is 8.50. The van der Waals surface area contributed by atoms with Crippen LogP contribution in [0.5, 0.6) is 23.0 Å². The monoisotopic (exact) mass is 389 g/mol. The maximum Gasteiger partial charge on any atom is 0.342 e. The summed E-state index contributed by atoms with van der Waals surface area (Å²) in [5.74, 6) is 0.561. The highest BCUT2D eigenvalue weighted by Gasteiger charge is 2.19. The predicted molar refractivity (Wildman–Crippen MR) is 101 cm³/mol. The summed E-state index contributed by atoms with van der Waals surface area (Å²) in [4.78, 5) is 24.2. The summed E-state index contributed by atoms with van der Waals surface area (Å²) in [5, 5.41) is 2.61. The summed E-state index contributed by atoms with van der Waals surface area (Å²) in [6, 6.07) is 12.2. The summed E-state index contributed by atoms with van der Waals surface area (Å²) in [7, 11) is 4.34. The van der Waals surface area contributed by atoms with Gasteiger partial charge in [0.2, 0.25) is 0 Å². The van der Waals surface area contributed by atoms with E-state index in [1.807, 2.05) is 30.3 Å². The average Bonchev–Trinajstić information content (AvgIpc) is 2.74. The molecule has 2 rings (SSSR count). The van der Waals surface area contributed by atoms with Crippen LogP contribution >= 0.6 is 0 Å². The summed E-state index contributed by atoms with van der Waals surface area (Å²) >= 11 is 0. The molecule has 0 saturated carbocycles. The number of rotatable bonds is 10. The van der Waals surface area contributed by atoms with E-state index in [2.05, 4.69) is 5.32 Å². The van der Waals surface area contributed by atoms with Crippen molar-refractivity contribution < 1.29 is 33.3 Å². The van der Waals surface area contributed by atoms with Crippen LogP contribution in [0.25, 0.3) is 0 Å². The third-order valence-electron chi connectivity index (χ3n) is 3.70. The molecule has 0 spiro atoms. The van der Waals surface area contributed by atoms with Crippen molar-refractivity contribution in [2.45, 2.75) is 0 Å². The second-order valence-electron chi connectivity index (χ2n) is 5.50. The molecule has 2 aromatic carbocycles. The van der Waals surface area contributed by atoms with E-state index < -0.39 is 18.5 Å². The zero-order valence-electron chi connectivity index (χ0n) is 16.0. The molecule has 28 heavy (non-hydrogen) atoms. The standard InChI is InChI=1S/C20H23NO7/c1-24-16-12-18(26-3)17(25-2)11-15(16)20(23)28-13-19(22)21-9-10-27-14-7-5-4-6-8-14/h4-8,11-12H,9-10,13H2,1-3H3,(H,21,22). The van der Waals surface area contributed by atoms with Crippen molar-refractivity contribution in [3.8, 4) is 23.0 Å². The van der Waals surface area contributed by atoms with Crippen molar-refractivity contribution in [1.29, 1.82) is 0 Å². The largest absolute Gasteiger partial charge is 0.496 e. The van der Waals surface area contributed by atoms with Gasteiger partial charge in [0.15, 0.2) is 18.1 Å². The lowest BCUT2D eigenvalue weighted by Gasteiger charge is -2.13. The average molecular weight is 389 g/mol. The first-order valence-electron chi connectivity index (χ1n) is 8.50. The topological polar surface area (TPSA) is 92.3 Å². The molecule has 0 radical (unpaired) electrons. The lowest BCUT2D eigenvalue weighted by Crippen LogP contribution is -2.32. The molecule has 2 aromatic rings. The maximum absolute atomic E-state index is 12.3. The zero-order valence-corrected chi connectivity index (χ0v) is 16.0. The molecule has 1 N–H and O–H groups in total. The molecule has 0 fully saturated rings. The minimum absolute atomic E-state index is 0.125. The Morgan fingerprint density at radius 1 is 0.893 bits per heavy atom. The van der Waals surface area contributed by atoms with Crippen LogP contribution in [0.4, 0.5) is 0 Å². The molecule has 0 aromatic heterocycles. The Labute approximate surface area is 163 Å². The quantitative estimate of drug-likeness (QED) is 0.491. The van der Waals surface area contributed by atoms with Crippen molar-refractivity contribution in [2.75, 3.05) is 41.1 Å². The third-order valence-corrected chi connectivity index (χ3v) is 3.70. The van der Waals surface area contributed by atoms with Crippen LogP contribution in [0.3, 0.4) is 0 Å². The third kappa shape index (κ3) is 5.80. The molecule has 8 nitrogen and oxygen atoms in total. The van der Waals surface area contributed by atoms with Crippen molar-refractivity contribution in [3.63, 3.8) is 0 Å². The first kappa shape index (κ1) is 20.9. The number of para-hydroxylation sites is 1. The zero-order chi connectivity index (χ0) is 20.4. The molecule has 8 heteroatoms. The normalized spacial score (nSPS) is 9.96. The van der Waals surface area contributed by atoms with Crippen molar-refractivity contribution >= 4 is 11.9 Å². The molecular formula is C20H23NO7.